The Bertz CT molecular complexity index is 852. The Labute approximate surface area is 125 Å². The van der Waals surface area contributed by atoms with Gasteiger partial charge in [-0.15, -0.1) is 0 Å². The van der Waals surface area contributed by atoms with Gasteiger partial charge in [-0.25, -0.2) is 14.4 Å². The quantitative estimate of drug-likeness (QED) is 0.795. The molecule has 0 aliphatic rings. The second kappa shape index (κ2) is 5.55. The highest BCUT2D eigenvalue weighted by Crippen LogP contribution is 2.29. The van der Waals surface area contributed by atoms with E-state index in [0.717, 1.165) is 10.9 Å². The van der Waals surface area contributed by atoms with Gasteiger partial charge in [0.05, 0.1) is 18.3 Å². The van der Waals surface area contributed by atoms with Crippen LogP contribution in [0.25, 0.3) is 10.9 Å². The second-order valence-corrected chi connectivity index (χ2v) is 4.70. The van der Waals surface area contributed by atoms with Crippen molar-refractivity contribution in [2.45, 2.75) is 6.92 Å². The van der Waals surface area contributed by atoms with Gasteiger partial charge in [0.2, 0.25) is 5.82 Å². The van der Waals surface area contributed by atoms with Crippen LogP contribution in [0.2, 0.25) is 0 Å². The van der Waals surface area contributed by atoms with Crippen molar-refractivity contribution < 1.29 is 13.5 Å². The number of ether oxygens (including phenoxy) is 1. The number of fused-ring (bicyclic) bond motifs is 1. The molecule has 6 heteroatoms. The van der Waals surface area contributed by atoms with E-state index < -0.39 is 11.6 Å². The molecule has 112 valence electrons. The summed E-state index contributed by atoms with van der Waals surface area (Å²) in [5.74, 6) is -1.24. The van der Waals surface area contributed by atoms with Gasteiger partial charge in [0.15, 0.2) is 11.6 Å². The number of para-hydroxylation sites is 1. The molecule has 1 aromatic heterocycles. The van der Waals surface area contributed by atoms with Crippen LogP contribution in [0.15, 0.2) is 36.4 Å². The molecular weight excluding hydrogens is 288 g/mol. The van der Waals surface area contributed by atoms with Crippen molar-refractivity contribution in [3.8, 4) is 5.75 Å². The second-order valence-electron chi connectivity index (χ2n) is 4.70. The van der Waals surface area contributed by atoms with Crippen LogP contribution in [0.3, 0.4) is 0 Å². The lowest BCUT2D eigenvalue weighted by Crippen LogP contribution is -2.02. The third kappa shape index (κ3) is 2.43. The predicted molar refractivity (Wildman–Crippen MR) is 80.5 cm³/mol. The van der Waals surface area contributed by atoms with Crippen molar-refractivity contribution in [2.75, 3.05) is 12.4 Å². The fraction of sp³-hybridized carbons (Fsp3) is 0.125. The number of halogens is 2. The van der Waals surface area contributed by atoms with Crippen LogP contribution in [-0.4, -0.2) is 17.1 Å². The summed E-state index contributed by atoms with van der Waals surface area (Å²) in [5.41, 5.74) is 0.716. The standard InChI is InChI=1S/C16H13F2N3O/c1-9-19-11-6-4-3-5-10(11)16(20-9)21-12-7-8-13(22-2)15(18)14(12)17/h3-8H,1-2H3,(H,19,20,21). The molecule has 3 rings (SSSR count). The van der Waals surface area contributed by atoms with Crippen LogP contribution in [0, 0.1) is 18.6 Å². The maximum absolute atomic E-state index is 14.1. The third-order valence-electron chi connectivity index (χ3n) is 3.23. The number of nitrogens with zero attached hydrogens (tertiary/aromatic N) is 2. The van der Waals surface area contributed by atoms with E-state index in [4.69, 9.17) is 4.74 Å². The number of hydrogen-bond donors (Lipinski definition) is 1. The smallest absolute Gasteiger partial charge is 0.202 e. The molecule has 0 saturated carbocycles. The lowest BCUT2D eigenvalue weighted by molar-refractivity contribution is 0.372. The molecule has 0 saturated heterocycles. The molecule has 1 heterocycles. The van der Waals surface area contributed by atoms with Gasteiger partial charge in [-0.2, -0.15) is 4.39 Å². The average Bonchev–Trinajstić information content (AvgIpc) is 2.52. The predicted octanol–water partition coefficient (Wildman–Crippen LogP) is 3.97. The van der Waals surface area contributed by atoms with Crippen molar-refractivity contribution in [1.29, 1.82) is 0 Å². The zero-order valence-corrected chi connectivity index (χ0v) is 12.0. The zero-order chi connectivity index (χ0) is 15.7. The first-order valence-corrected chi connectivity index (χ1v) is 6.62. The minimum Gasteiger partial charge on any atom is -0.494 e. The Morgan fingerprint density at radius 3 is 2.55 bits per heavy atom. The normalized spacial score (nSPS) is 10.7. The molecule has 0 bridgehead atoms. The minimum atomic E-state index is -1.04. The number of benzene rings is 2. The zero-order valence-electron chi connectivity index (χ0n) is 12.0. The van der Waals surface area contributed by atoms with Gasteiger partial charge in [-0.1, -0.05) is 12.1 Å². The highest BCUT2D eigenvalue weighted by Gasteiger charge is 2.15. The number of hydrogen-bond acceptors (Lipinski definition) is 4. The van der Waals surface area contributed by atoms with Gasteiger partial charge in [0.1, 0.15) is 11.6 Å². The molecule has 1 N–H and O–H groups in total. The SMILES string of the molecule is COc1ccc(Nc2nc(C)nc3ccccc23)c(F)c1F. The summed E-state index contributed by atoms with van der Waals surface area (Å²) >= 11 is 0. The van der Waals surface area contributed by atoms with E-state index in [0.29, 0.717) is 11.6 Å². The molecule has 4 nitrogen and oxygen atoms in total. The van der Waals surface area contributed by atoms with E-state index in [-0.39, 0.29) is 11.4 Å². The van der Waals surface area contributed by atoms with Gasteiger partial charge in [-0.3, -0.25) is 0 Å². The molecule has 2 aromatic carbocycles. The number of aryl methyl sites for hydroxylation is 1. The fourth-order valence-electron chi connectivity index (χ4n) is 2.20. The van der Waals surface area contributed by atoms with Gasteiger partial charge in [0, 0.05) is 5.39 Å². The monoisotopic (exact) mass is 301 g/mol. The number of rotatable bonds is 3. The highest BCUT2D eigenvalue weighted by molar-refractivity contribution is 5.90. The van der Waals surface area contributed by atoms with E-state index in [2.05, 4.69) is 15.3 Å². The Morgan fingerprint density at radius 1 is 1.00 bits per heavy atom. The van der Waals surface area contributed by atoms with Crippen molar-refractivity contribution >= 4 is 22.4 Å². The highest BCUT2D eigenvalue weighted by atomic mass is 19.2. The van der Waals surface area contributed by atoms with Gasteiger partial charge in [0.25, 0.3) is 0 Å². The molecule has 0 unspecified atom stereocenters. The van der Waals surface area contributed by atoms with Crippen LogP contribution in [-0.2, 0) is 0 Å². The van der Waals surface area contributed by atoms with Crippen molar-refractivity contribution in [2.24, 2.45) is 0 Å². The summed E-state index contributed by atoms with van der Waals surface area (Å²) in [4.78, 5) is 8.57. The molecular formula is C16H13F2N3O. The van der Waals surface area contributed by atoms with E-state index >= 15 is 0 Å². The molecule has 0 aliphatic heterocycles. The molecule has 0 amide bonds. The van der Waals surface area contributed by atoms with Crippen LogP contribution in [0.4, 0.5) is 20.3 Å². The van der Waals surface area contributed by atoms with Crippen molar-refractivity contribution in [3.63, 3.8) is 0 Å². The van der Waals surface area contributed by atoms with E-state index in [1.54, 1.807) is 6.92 Å². The Morgan fingerprint density at radius 2 is 1.77 bits per heavy atom. The summed E-state index contributed by atoms with van der Waals surface area (Å²) in [6.07, 6.45) is 0. The Kier molecular flexibility index (Phi) is 3.58. The summed E-state index contributed by atoms with van der Waals surface area (Å²) in [6.45, 7) is 1.74. The first-order valence-electron chi connectivity index (χ1n) is 6.62. The van der Waals surface area contributed by atoms with E-state index in [1.165, 1.54) is 19.2 Å². The van der Waals surface area contributed by atoms with Crippen LogP contribution < -0.4 is 10.1 Å². The average molecular weight is 301 g/mol. The molecule has 0 fully saturated rings. The molecule has 0 atom stereocenters. The minimum absolute atomic E-state index is 0.0125. The summed E-state index contributed by atoms with van der Waals surface area (Å²) in [7, 11) is 1.28. The van der Waals surface area contributed by atoms with Crippen LogP contribution in [0.1, 0.15) is 5.82 Å². The largest absolute Gasteiger partial charge is 0.494 e. The molecule has 22 heavy (non-hydrogen) atoms. The summed E-state index contributed by atoms with van der Waals surface area (Å²) in [6, 6.07) is 10.1. The number of methoxy groups -OCH3 is 1. The summed E-state index contributed by atoms with van der Waals surface area (Å²) < 4.78 is 32.6. The number of anilines is 2. The van der Waals surface area contributed by atoms with Gasteiger partial charge >= 0.3 is 0 Å². The molecule has 0 spiro atoms. The topological polar surface area (TPSA) is 47.0 Å². The van der Waals surface area contributed by atoms with Gasteiger partial charge in [-0.05, 0) is 31.2 Å². The first-order chi connectivity index (χ1) is 10.6. The van der Waals surface area contributed by atoms with Crippen molar-refractivity contribution in [3.05, 3.63) is 53.9 Å². The third-order valence-corrected chi connectivity index (χ3v) is 3.23. The number of nitrogens with one attached hydrogen (secondary N) is 1. The first kappa shape index (κ1) is 14.2. The maximum Gasteiger partial charge on any atom is 0.202 e. The van der Waals surface area contributed by atoms with E-state index in [9.17, 15) is 8.78 Å². The maximum atomic E-state index is 14.1. The molecule has 3 aromatic rings. The van der Waals surface area contributed by atoms with Crippen LogP contribution >= 0.6 is 0 Å². The molecule has 0 aliphatic carbocycles. The van der Waals surface area contributed by atoms with Crippen LogP contribution in [0.5, 0.6) is 5.75 Å². The van der Waals surface area contributed by atoms with Crippen molar-refractivity contribution in [1.82, 2.24) is 9.97 Å². The lowest BCUT2D eigenvalue weighted by atomic mass is 10.2. The molecule has 0 radical (unpaired) electrons. The Balaban J connectivity index is 2.09. The fourth-order valence-corrected chi connectivity index (χ4v) is 2.20. The van der Waals surface area contributed by atoms with E-state index in [1.807, 2.05) is 24.3 Å². The van der Waals surface area contributed by atoms with Gasteiger partial charge < -0.3 is 10.1 Å². The summed E-state index contributed by atoms with van der Waals surface area (Å²) in [5, 5.41) is 3.55. The Hall–Kier alpha value is -2.76. The number of aromatic nitrogens is 2. The lowest BCUT2D eigenvalue weighted by Gasteiger charge is -2.12.